The number of methoxy groups -OCH3 is 1. The van der Waals surface area contributed by atoms with E-state index in [1.807, 2.05) is 0 Å². The number of likely N-dealkylation sites (tertiary alicyclic amines) is 1. The molecule has 1 saturated heterocycles. The Morgan fingerprint density at radius 2 is 2.21 bits per heavy atom. The fraction of sp³-hybridized carbons (Fsp3) is 0.625. The number of ether oxygens (including phenoxy) is 1. The van der Waals surface area contributed by atoms with Crippen molar-refractivity contribution < 1.29 is 4.74 Å². The Bertz CT molecular complexity index is 394. The Morgan fingerprint density at radius 1 is 1.42 bits per heavy atom. The first-order chi connectivity index (χ1) is 9.20. The molecule has 19 heavy (non-hydrogen) atoms. The van der Waals surface area contributed by atoms with Gasteiger partial charge in [-0.3, -0.25) is 0 Å². The van der Waals surface area contributed by atoms with E-state index in [1.165, 1.54) is 24.1 Å². The summed E-state index contributed by atoms with van der Waals surface area (Å²) in [6, 6.07) is 8.59. The first-order valence-corrected chi connectivity index (χ1v) is 7.23. The van der Waals surface area contributed by atoms with E-state index in [4.69, 9.17) is 10.5 Å². The average molecular weight is 262 g/mol. The molecule has 1 heterocycles. The molecule has 0 spiro atoms. The van der Waals surface area contributed by atoms with Crippen LogP contribution in [0, 0.1) is 12.8 Å². The normalized spacial score (nSPS) is 21.7. The Labute approximate surface area is 116 Å². The van der Waals surface area contributed by atoms with Crippen molar-refractivity contribution in [3.05, 3.63) is 35.4 Å². The van der Waals surface area contributed by atoms with Crippen molar-refractivity contribution in [3.63, 3.8) is 0 Å². The van der Waals surface area contributed by atoms with E-state index in [0.29, 0.717) is 5.92 Å². The molecule has 0 amide bonds. The van der Waals surface area contributed by atoms with Crippen LogP contribution in [-0.4, -0.2) is 38.3 Å². The summed E-state index contributed by atoms with van der Waals surface area (Å²) in [7, 11) is 1.79. The Balaban J connectivity index is 1.78. The molecule has 1 aliphatic heterocycles. The molecule has 0 radical (unpaired) electrons. The van der Waals surface area contributed by atoms with E-state index in [0.717, 1.165) is 26.1 Å². The van der Waals surface area contributed by atoms with Gasteiger partial charge in [-0.05, 0) is 49.9 Å². The second-order valence-electron chi connectivity index (χ2n) is 5.66. The molecule has 3 nitrogen and oxygen atoms in total. The van der Waals surface area contributed by atoms with Gasteiger partial charge in [0, 0.05) is 19.7 Å². The monoisotopic (exact) mass is 262 g/mol. The van der Waals surface area contributed by atoms with Gasteiger partial charge in [0.05, 0.1) is 6.61 Å². The second kappa shape index (κ2) is 7.04. The lowest BCUT2D eigenvalue weighted by atomic mass is 9.99. The van der Waals surface area contributed by atoms with Crippen LogP contribution in [0.3, 0.4) is 0 Å². The highest BCUT2D eigenvalue weighted by molar-refractivity contribution is 5.28. The first kappa shape index (κ1) is 14.5. The average Bonchev–Trinajstić information content (AvgIpc) is 2.85. The predicted octanol–water partition coefficient (Wildman–Crippen LogP) is 2.35. The molecule has 106 valence electrons. The van der Waals surface area contributed by atoms with E-state index in [-0.39, 0.29) is 6.04 Å². The lowest BCUT2D eigenvalue weighted by Crippen LogP contribution is -2.26. The summed E-state index contributed by atoms with van der Waals surface area (Å²) in [4.78, 5) is 2.52. The number of hydrogen-bond donors (Lipinski definition) is 1. The second-order valence-corrected chi connectivity index (χ2v) is 5.66. The molecule has 1 fully saturated rings. The molecule has 0 saturated carbocycles. The minimum Gasteiger partial charge on any atom is -0.384 e. The third-order valence-corrected chi connectivity index (χ3v) is 4.12. The third-order valence-electron chi connectivity index (χ3n) is 4.12. The summed E-state index contributed by atoms with van der Waals surface area (Å²) in [6.45, 7) is 6.47. The van der Waals surface area contributed by atoms with Gasteiger partial charge in [0.2, 0.25) is 0 Å². The minimum absolute atomic E-state index is 0.155. The predicted molar refractivity (Wildman–Crippen MR) is 79.1 cm³/mol. The summed E-state index contributed by atoms with van der Waals surface area (Å²) < 4.78 is 5.23. The number of nitrogens with two attached hydrogens (primary N) is 1. The van der Waals surface area contributed by atoms with Crippen LogP contribution in [-0.2, 0) is 4.74 Å². The number of hydrogen-bond acceptors (Lipinski definition) is 3. The quantitative estimate of drug-likeness (QED) is 0.855. The highest BCUT2D eigenvalue weighted by Gasteiger charge is 2.22. The highest BCUT2D eigenvalue weighted by atomic mass is 16.5. The molecule has 2 N–H and O–H groups in total. The molecule has 0 aromatic heterocycles. The van der Waals surface area contributed by atoms with Gasteiger partial charge in [0.25, 0.3) is 0 Å². The number of rotatable bonds is 6. The summed E-state index contributed by atoms with van der Waals surface area (Å²) in [5.74, 6) is 0.708. The maximum atomic E-state index is 6.32. The molecule has 2 rings (SSSR count). The molecule has 1 aromatic rings. The van der Waals surface area contributed by atoms with Crippen LogP contribution < -0.4 is 5.73 Å². The van der Waals surface area contributed by atoms with Gasteiger partial charge < -0.3 is 15.4 Å². The van der Waals surface area contributed by atoms with Crippen LogP contribution in [0.1, 0.15) is 30.0 Å². The van der Waals surface area contributed by atoms with Crippen molar-refractivity contribution in [1.82, 2.24) is 4.90 Å². The smallest absolute Gasteiger partial charge is 0.0503 e. The molecular weight excluding hydrogens is 236 g/mol. The van der Waals surface area contributed by atoms with Crippen molar-refractivity contribution >= 4 is 0 Å². The van der Waals surface area contributed by atoms with Crippen molar-refractivity contribution in [2.45, 2.75) is 25.8 Å². The van der Waals surface area contributed by atoms with Crippen LogP contribution in [0.5, 0.6) is 0 Å². The van der Waals surface area contributed by atoms with Crippen LogP contribution in [0.4, 0.5) is 0 Å². The fourth-order valence-corrected chi connectivity index (χ4v) is 2.97. The molecule has 3 heteroatoms. The zero-order valence-electron chi connectivity index (χ0n) is 12.1. The molecule has 0 aliphatic carbocycles. The van der Waals surface area contributed by atoms with Crippen LogP contribution in [0.25, 0.3) is 0 Å². The fourth-order valence-electron chi connectivity index (χ4n) is 2.97. The van der Waals surface area contributed by atoms with Crippen LogP contribution >= 0.6 is 0 Å². The van der Waals surface area contributed by atoms with E-state index in [9.17, 15) is 0 Å². The summed E-state index contributed by atoms with van der Waals surface area (Å²) >= 11 is 0. The highest BCUT2D eigenvalue weighted by Crippen LogP contribution is 2.21. The largest absolute Gasteiger partial charge is 0.384 e. The number of benzene rings is 1. The van der Waals surface area contributed by atoms with Crippen molar-refractivity contribution in [3.8, 4) is 0 Å². The van der Waals surface area contributed by atoms with Crippen LogP contribution in [0.2, 0.25) is 0 Å². The number of nitrogens with zero attached hydrogens (tertiary/aromatic N) is 1. The molecule has 2 unspecified atom stereocenters. The molecule has 1 aliphatic rings. The summed E-state index contributed by atoms with van der Waals surface area (Å²) in [6.07, 6.45) is 2.29. The van der Waals surface area contributed by atoms with Crippen molar-refractivity contribution in [2.24, 2.45) is 11.7 Å². The third kappa shape index (κ3) is 4.03. The SMILES string of the molecule is COCC1CCN(CCC(N)c2ccccc2C)C1. The van der Waals surface area contributed by atoms with Crippen molar-refractivity contribution in [2.75, 3.05) is 33.4 Å². The van der Waals surface area contributed by atoms with Crippen molar-refractivity contribution in [1.29, 1.82) is 0 Å². The van der Waals surface area contributed by atoms with E-state index >= 15 is 0 Å². The Morgan fingerprint density at radius 3 is 2.95 bits per heavy atom. The molecule has 1 aromatic carbocycles. The standard InChI is InChI=1S/C16H26N2O/c1-13-5-3-4-6-15(13)16(17)8-10-18-9-7-14(11-18)12-19-2/h3-6,14,16H,7-12,17H2,1-2H3. The van der Waals surface area contributed by atoms with Gasteiger partial charge in [-0.15, -0.1) is 0 Å². The first-order valence-electron chi connectivity index (χ1n) is 7.23. The lowest BCUT2D eigenvalue weighted by molar-refractivity contribution is 0.153. The molecular formula is C16H26N2O. The zero-order valence-corrected chi connectivity index (χ0v) is 12.1. The van der Waals surface area contributed by atoms with Gasteiger partial charge in [0.15, 0.2) is 0 Å². The van der Waals surface area contributed by atoms with Crippen LogP contribution in [0.15, 0.2) is 24.3 Å². The van der Waals surface area contributed by atoms with Gasteiger partial charge in [-0.2, -0.15) is 0 Å². The summed E-state index contributed by atoms with van der Waals surface area (Å²) in [5.41, 5.74) is 8.90. The maximum Gasteiger partial charge on any atom is 0.0503 e. The summed E-state index contributed by atoms with van der Waals surface area (Å²) in [5, 5.41) is 0. The van der Waals surface area contributed by atoms with Gasteiger partial charge in [0.1, 0.15) is 0 Å². The molecule has 2 atom stereocenters. The number of aryl methyl sites for hydroxylation is 1. The minimum atomic E-state index is 0.155. The molecule has 0 bridgehead atoms. The zero-order chi connectivity index (χ0) is 13.7. The maximum absolute atomic E-state index is 6.32. The van der Waals surface area contributed by atoms with E-state index < -0.39 is 0 Å². The Kier molecular flexibility index (Phi) is 5.37. The van der Waals surface area contributed by atoms with E-state index in [2.05, 4.69) is 36.1 Å². The van der Waals surface area contributed by atoms with E-state index in [1.54, 1.807) is 7.11 Å². The van der Waals surface area contributed by atoms with Gasteiger partial charge >= 0.3 is 0 Å². The lowest BCUT2D eigenvalue weighted by Gasteiger charge is -2.20. The topological polar surface area (TPSA) is 38.5 Å². The Hall–Kier alpha value is -0.900. The van der Waals surface area contributed by atoms with Gasteiger partial charge in [-0.1, -0.05) is 24.3 Å². The van der Waals surface area contributed by atoms with Gasteiger partial charge in [-0.25, -0.2) is 0 Å².